The maximum atomic E-state index is 10.7. The van der Waals surface area contributed by atoms with Crippen molar-refractivity contribution in [2.75, 3.05) is 13.2 Å². The molecular formula is C16H23NO4. The van der Waals surface area contributed by atoms with E-state index in [1.165, 1.54) is 18.6 Å². The Hall–Kier alpha value is -1.59. The molecule has 1 aliphatic rings. The standard InChI is InChI=1S/C16H23NO4/c18-15-5-3-1-2-4-14(15)17-10-11-21-13-8-6-12(7-9-13)16(19)20/h6-9,14-15,17-18H,1-5,10-11H2,(H,19,20). The van der Waals surface area contributed by atoms with Crippen LogP contribution in [-0.2, 0) is 0 Å². The predicted octanol–water partition coefficient (Wildman–Crippen LogP) is 2.05. The number of rotatable bonds is 6. The molecule has 0 aromatic heterocycles. The number of ether oxygens (including phenoxy) is 1. The molecular weight excluding hydrogens is 270 g/mol. The van der Waals surface area contributed by atoms with Gasteiger partial charge in [-0.1, -0.05) is 19.3 Å². The summed E-state index contributed by atoms with van der Waals surface area (Å²) in [6.07, 6.45) is 5.07. The maximum Gasteiger partial charge on any atom is 0.335 e. The highest BCUT2D eigenvalue weighted by Crippen LogP contribution is 2.18. The molecule has 1 aromatic rings. The van der Waals surface area contributed by atoms with Crippen molar-refractivity contribution >= 4 is 5.97 Å². The third-order valence-corrected chi connectivity index (χ3v) is 3.86. The van der Waals surface area contributed by atoms with E-state index in [0.29, 0.717) is 18.9 Å². The number of benzene rings is 1. The molecule has 2 atom stereocenters. The van der Waals surface area contributed by atoms with E-state index in [1.54, 1.807) is 12.1 Å². The fourth-order valence-electron chi connectivity index (χ4n) is 2.63. The Kier molecular flexibility index (Phi) is 6.02. The molecule has 0 heterocycles. The summed E-state index contributed by atoms with van der Waals surface area (Å²) in [6.45, 7) is 1.16. The van der Waals surface area contributed by atoms with E-state index in [9.17, 15) is 9.90 Å². The Morgan fingerprint density at radius 2 is 1.90 bits per heavy atom. The monoisotopic (exact) mass is 293 g/mol. The van der Waals surface area contributed by atoms with Crippen molar-refractivity contribution < 1.29 is 19.7 Å². The summed E-state index contributed by atoms with van der Waals surface area (Å²) in [5.41, 5.74) is 0.252. The second-order valence-corrected chi connectivity index (χ2v) is 5.44. The lowest BCUT2D eigenvalue weighted by Crippen LogP contribution is -2.41. The Balaban J connectivity index is 1.70. The topological polar surface area (TPSA) is 78.8 Å². The lowest BCUT2D eigenvalue weighted by Gasteiger charge is -2.21. The number of aliphatic hydroxyl groups is 1. The molecule has 3 N–H and O–H groups in total. The quantitative estimate of drug-likeness (QED) is 0.552. The second-order valence-electron chi connectivity index (χ2n) is 5.44. The molecule has 0 spiro atoms. The van der Waals surface area contributed by atoms with Crippen molar-refractivity contribution in [1.82, 2.24) is 5.32 Å². The molecule has 5 heteroatoms. The Bertz CT molecular complexity index is 446. The van der Waals surface area contributed by atoms with Crippen molar-refractivity contribution in [2.45, 2.75) is 44.2 Å². The predicted molar refractivity (Wildman–Crippen MR) is 79.8 cm³/mol. The van der Waals surface area contributed by atoms with Crippen LogP contribution in [0.15, 0.2) is 24.3 Å². The van der Waals surface area contributed by atoms with Crippen molar-refractivity contribution in [3.05, 3.63) is 29.8 Å². The van der Waals surface area contributed by atoms with Crippen LogP contribution in [0, 0.1) is 0 Å². The van der Waals surface area contributed by atoms with E-state index in [-0.39, 0.29) is 17.7 Å². The van der Waals surface area contributed by atoms with Crippen LogP contribution < -0.4 is 10.1 Å². The summed E-state index contributed by atoms with van der Waals surface area (Å²) in [5.74, 6) is -0.284. The van der Waals surface area contributed by atoms with Gasteiger partial charge in [0.25, 0.3) is 0 Å². The summed E-state index contributed by atoms with van der Waals surface area (Å²) in [7, 11) is 0. The number of hydrogen-bond donors (Lipinski definition) is 3. The van der Waals surface area contributed by atoms with Crippen LogP contribution in [0.3, 0.4) is 0 Å². The average Bonchev–Trinajstić information content (AvgIpc) is 2.69. The molecule has 1 saturated carbocycles. The number of aromatic carboxylic acids is 1. The second kappa shape index (κ2) is 8.00. The van der Waals surface area contributed by atoms with Crippen LogP contribution in [0.25, 0.3) is 0 Å². The molecule has 1 aliphatic carbocycles. The minimum atomic E-state index is -0.939. The average molecular weight is 293 g/mol. The van der Waals surface area contributed by atoms with E-state index in [0.717, 1.165) is 25.7 Å². The molecule has 0 bridgehead atoms. The lowest BCUT2D eigenvalue weighted by atomic mass is 10.1. The van der Waals surface area contributed by atoms with Gasteiger partial charge < -0.3 is 20.3 Å². The molecule has 0 saturated heterocycles. The molecule has 21 heavy (non-hydrogen) atoms. The first-order valence-corrected chi connectivity index (χ1v) is 7.54. The molecule has 1 aromatic carbocycles. The van der Waals surface area contributed by atoms with Gasteiger partial charge in [-0.2, -0.15) is 0 Å². The van der Waals surface area contributed by atoms with Gasteiger partial charge in [0.05, 0.1) is 11.7 Å². The van der Waals surface area contributed by atoms with Crippen LogP contribution in [-0.4, -0.2) is 41.5 Å². The fourth-order valence-corrected chi connectivity index (χ4v) is 2.63. The number of aliphatic hydroxyl groups excluding tert-OH is 1. The molecule has 5 nitrogen and oxygen atoms in total. The molecule has 116 valence electrons. The Morgan fingerprint density at radius 3 is 2.62 bits per heavy atom. The number of carboxylic acids is 1. The van der Waals surface area contributed by atoms with E-state index < -0.39 is 5.97 Å². The molecule has 2 rings (SSSR count). The zero-order chi connectivity index (χ0) is 15.1. The highest BCUT2D eigenvalue weighted by Gasteiger charge is 2.20. The zero-order valence-electron chi connectivity index (χ0n) is 12.1. The third-order valence-electron chi connectivity index (χ3n) is 3.86. The highest BCUT2D eigenvalue weighted by molar-refractivity contribution is 5.87. The van der Waals surface area contributed by atoms with E-state index in [2.05, 4.69) is 5.32 Å². The summed E-state index contributed by atoms with van der Waals surface area (Å²) in [6, 6.07) is 6.53. The largest absolute Gasteiger partial charge is 0.492 e. The SMILES string of the molecule is O=C(O)c1ccc(OCCNC2CCCCCC2O)cc1. The number of carbonyl (C=O) groups is 1. The van der Waals surface area contributed by atoms with Gasteiger partial charge in [-0.15, -0.1) is 0 Å². The van der Waals surface area contributed by atoms with Crippen LogP contribution in [0.5, 0.6) is 5.75 Å². The Labute approximate surface area is 124 Å². The Morgan fingerprint density at radius 1 is 1.19 bits per heavy atom. The van der Waals surface area contributed by atoms with Gasteiger partial charge in [-0.05, 0) is 37.1 Å². The molecule has 0 radical (unpaired) electrons. The molecule has 0 amide bonds. The maximum absolute atomic E-state index is 10.7. The van der Waals surface area contributed by atoms with Crippen LogP contribution in [0.1, 0.15) is 42.5 Å². The van der Waals surface area contributed by atoms with Crippen molar-refractivity contribution in [3.63, 3.8) is 0 Å². The first-order chi connectivity index (χ1) is 10.2. The summed E-state index contributed by atoms with van der Waals surface area (Å²) in [5, 5.41) is 22.1. The smallest absolute Gasteiger partial charge is 0.335 e. The van der Waals surface area contributed by atoms with Gasteiger partial charge in [-0.3, -0.25) is 0 Å². The van der Waals surface area contributed by atoms with Crippen molar-refractivity contribution in [2.24, 2.45) is 0 Å². The summed E-state index contributed by atoms with van der Waals surface area (Å²) in [4.78, 5) is 10.7. The third kappa shape index (κ3) is 5.02. The molecule has 0 aliphatic heterocycles. The molecule has 2 unspecified atom stereocenters. The fraction of sp³-hybridized carbons (Fsp3) is 0.562. The first-order valence-electron chi connectivity index (χ1n) is 7.54. The minimum absolute atomic E-state index is 0.158. The van der Waals surface area contributed by atoms with Gasteiger partial charge in [0.15, 0.2) is 0 Å². The minimum Gasteiger partial charge on any atom is -0.492 e. The van der Waals surface area contributed by atoms with E-state index >= 15 is 0 Å². The van der Waals surface area contributed by atoms with Gasteiger partial charge >= 0.3 is 5.97 Å². The van der Waals surface area contributed by atoms with Gasteiger partial charge in [0.2, 0.25) is 0 Å². The van der Waals surface area contributed by atoms with Crippen LogP contribution in [0.4, 0.5) is 0 Å². The van der Waals surface area contributed by atoms with E-state index in [1.807, 2.05) is 0 Å². The van der Waals surface area contributed by atoms with Crippen LogP contribution >= 0.6 is 0 Å². The van der Waals surface area contributed by atoms with Gasteiger partial charge in [0.1, 0.15) is 12.4 Å². The van der Waals surface area contributed by atoms with E-state index in [4.69, 9.17) is 9.84 Å². The van der Waals surface area contributed by atoms with Gasteiger partial charge in [0, 0.05) is 12.6 Å². The highest BCUT2D eigenvalue weighted by atomic mass is 16.5. The first kappa shape index (κ1) is 15.8. The molecule has 1 fully saturated rings. The summed E-state index contributed by atoms with van der Waals surface area (Å²) < 4.78 is 5.56. The van der Waals surface area contributed by atoms with Crippen molar-refractivity contribution in [3.8, 4) is 5.75 Å². The van der Waals surface area contributed by atoms with Crippen LogP contribution in [0.2, 0.25) is 0 Å². The van der Waals surface area contributed by atoms with Gasteiger partial charge in [-0.25, -0.2) is 4.79 Å². The van der Waals surface area contributed by atoms with Crippen molar-refractivity contribution in [1.29, 1.82) is 0 Å². The number of nitrogens with one attached hydrogen (secondary N) is 1. The normalized spacial score (nSPS) is 22.5. The lowest BCUT2D eigenvalue weighted by molar-refractivity contribution is 0.0697. The number of hydrogen-bond acceptors (Lipinski definition) is 4. The summed E-state index contributed by atoms with van der Waals surface area (Å²) >= 11 is 0. The number of carboxylic acid groups (broad SMARTS) is 1. The zero-order valence-corrected chi connectivity index (χ0v) is 12.1.